The number of hydrogen-bond donors (Lipinski definition) is 0. The van der Waals surface area contributed by atoms with Gasteiger partial charge in [-0.1, -0.05) is 200 Å². The number of nitrogens with zero attached hydrogens (tertiary/aromatic N) is 2. The van der Waals surface area contributed by atoms with Crippen LogP contribution in [-0.2, 0) is 0 Å². The van der Waals surface area contributed by atoms with Crippen LogP contribution in [0.2, 0.25) is 0 Å². The molecule has 0 atom stereocenters. The van der Waals surface area contributed by atoms with Crippen molar-refractivity contribution in [1.29, 1.82) is 0 Å². The number of hydrogen-bond acceptors (Lipinski definition) is 1. The summed E-state index contributed by atoms with van der Waals surface area (Å²) < 4.78 is 2.48. The molecule has 0 saturated heterocycles. The molecule has 0 fully saturated rings. The first-order valence-electron chi connectivity index (χ1n) is 20.6. The van der Waals surface area contributed by atoms with Gasteiger partial charge in [0, 0.05) is 27.5 Å². The Morgan fingerprint density at radius 1 is 0.283 bits per heavy atom. The summed E-state index contributed by atoms with van der Waals surface area (Å²) in [6.07, 6.45) is 0. The minimum absolute atomic E-state index is 1.11. The van der Waals surface area contributed by atoms with E-state index in [-0.39, 0.29) is 0 Å². The Labute approximate surface area is 350 Å². The zero-order valence-electron chi connectivity index (χ0n) is 33.0. The van der Waals surface area contributed by atoms with Gasteiger partial charge in [0.05, 0.1) is 33.8 Å². The minimum Gasteiger partial charge on any atom is -0.309 e. The van der Waals surface area contributed by atoms with Gasteiger partial charge in [-0.25, -0.2) is 0 Å². The van der Waals surface area contributed by atoms with Gasteiger partial charge in [-0.05, 0) is 81.1 Å². The molecular formula is C58H40N2. The molecule has 0 radical (unpaired) electrons. The summed E-state index contributed by atoms with van der Waals surface area (Å²) in [7, 11) is 0. The van der Waals surface area contributed by atoms with Crippen LogP contribution in [0.3, 0.4) is 0 Å². The molecule has 1 aromatic heterocycles. The van der Waals surface area contributed by atoms with E-state index in [1.165, 1.54) is 54.9 Å². The average Bonchev–Trinajstić information content (AvgIpc) is 3.67. The number of anilines is 3. The van der Waals surface area contributed by atoms with E-state index in [9.17, 15) is 0 Å². The first kappa shape index (κ1) is 35.2. The van der Waals surface area contributed by atoms with Crippen LogP contribution in [0.4, 0.5) is 17.1 Å². The van der Waals surface area contributed by atoms with Gasteiger partial charge in [0.1, 0.15) is 0 Å². The molecule has 2 nitrogen and oxygen atoms in total. The number of rotatable bonds is 8. The van der Waals surface area contributed by atoms with Crippen LogP contribution in [-0.4, -0.2) is 4.57 Å². The highest BCUT2D eigenvalue weighted by Gasteiger charge is 2.25. The van der Waals surface area contributed by atoms with E-state index in [4.69, 9.17) is 0 Å². The van der Waals surface area contributed by atoms with E-state index in [0.717, 1.165) is 44.9 Å². The molecule has 0 spiro atoms. The zero-order chi connectivity index (χ0) is 39.8. The molecule has 11 aromatic rings. The Kier molecular flexibility index (Phi) is 8.87. The van der Waals surface area contributed by atoms with Crippen molar-refractivity contribution in [2.45, 2.75) is 0 Å². The van der Waals surface area contributed by atoms with Crippen LogP contribution in [0, 0.1) is 0 Å². The van der Waals surface area contributed by atoms with Crippen LogP contribution in [0.25, 0.3) is 82.8 Å². The molecule has 0 N–H and O–H groups in total. The molecular weight excluding hydrogens is 725 g/mol. The average molecular weight is 765 g/mol. The van der Waals surface area contributed by atoms with Crippen LogP contribution < -0.4 is 4.90 Å². The van der Waals surface area contributed by atoms with Crippen molar-refractivity contribution in [1.82, 2.24) is 4.57 Å². The normalized spacial score (nSPS) is 11.3. The highest BCUT2D eigenvalue weighted by atomic mass is 15.2. The second kappa shape index (κ2) is 15.1. The molecule has 0 saturated carbocycles. The van der Waals surface area contributed by atoms with Crippen molar-refractivity contribution in [3.8, 4) is 50.2 Å². The van der Waals surface area contributed by atoms with E-state index < -0.39 is 0 Å². The molecule has 0 aliphatic heterocycles. The van der Waals surface area contributed by atoms with Crippen molar-refractivity contribution < 1.29 is 0 Å². The SMILES string of the molecule is c1ccc(-c2ccccc2N(c2ccccc2-c2ccccc2)c2cccc3c2c2ccccc2n3-c2ccc(-c3cccc4ccccc34)cc2-c2ccccc2)cc1. The maximum atomic E-state index is 2.49. The lowest BCUT2D eigenvalue weighted by Gasteiger charge is -2.30. The van der Waals surface area contributed by atoms with E-state index in [1.54, 1.807) is 0 Å². The van der Waals surface area contributed by atoms with Crippen LogP contribution in [0.15, 0.2) is 243 Å². The van der Waals surface area contributed by atoms with Crippen LogP contribution in [0.5, 0.6) is 0 Å². The van der Waals surface area contributed by atoms with Gasteiger partial charge in [0.15, 0.2) is 0 Å². The minimum atomic E-state index is 1.11. The topological polar surface area (TPSA) is 8.17 Å². The van der Waals surface area contributed by atoms with Gasteiger partial charge in [-0.3, -0.25) is 0 Å². The lowest BCUT2D eigenvalue weighted by Crippen LogP contribution is -2.13. The fraction of sp³-hybridized carbons (Fsp3) is 0. The third kappa shape index (κ3) is 6.06. The summed E-state index contributed by atoms with van der Waals surface area (Å²) in [5, 5.41) is 4.87. The van der Waals surface area contributed by atoms with Crippen molar-refractivity contribution >= 4 is 49.6 Å². The Balaban J connectivity index is 1.21. The number of aromatic nitrogens is 1. The van der Waals surface area contributed by atoms with E-state index >= 15 is 0 Å². The summed E-state index contributed by atoms with van der Waals surface area (Å²) in [6.45, 7) is 0. The summed E-state index contributed by atoms with van der Waals surface area (Å²) in [5.41, 5.74) is 16.2. The lowest BCUT2D eigenvalue weighted by molar-refractivity contribution is 1.18. The van der Waals surface area contributed by atoms with Crippen LogP contribution in [0.1, 0.15) is 0 Å². The molecule has 0 aliphatic rings. The fourth-order valence-electron chi connectivity index (χ4n) is 9.12. The molecule has 10 aromatic carbocycles. The fourth-order valence-corrected chi connectivity index (χ4v) is 9.12. The molecule has 2 heteroatoms. The molecule has 0 bridgehead atoms. The Hall–Kier alpha value is -7.94. The highest BCUT2D eigenvalue weighted by Crippen LogP contribution is 2.49. The Bertz CT molecular complexity index is 3220. The smallest absolute Gasteiger partial charge is 0.0562 e. The van der Waals surface area contributed by atoms with E-state index in [0.29, 0.717) is 0 Å². The quantitative estimate of drug-likeness (QED) is 0.150. The van der Waals surface area contributed by atoms with Gasteiger partial charge >= 0.3 is 0 Å². The zero-order valence-corrected chi connectivity index (χ0v) is 33.0. The standard InChI is InChI=1S/C58H40N2/c1-4-20-42(21-5-1)48-29-12-15-33-52(48)59(53-34-16-13-30-49(53)43-22-6-2-7-23-43)56-36-19-37-57-58(56)50-31-14-17-35-54(50)60(57)55-39-38-45(40-51(55)44-24-8-3-9-25-44)47-32-18-27-41-26-10-11-28-46(41)47/h1-40H. The number of para-hydroxylation sites is 3. The largest absolute Gasteiger partial charge is 0.309 e. The molecule has 1 heterocycles. The van der Waals surface area contributed by atoms with Gasteiger partial charge in [0.25, 0.3) is 0 Å². The Morgan fingerprint density at radius 3 is 1.42 bits per heavy atom. The molecule has 0 unspecified atom stereocenters. The third-order valence-electron chi connectivity index (χ3n) is 11.8. The van der Waals surface area contributed by atoms with Crippen molar-refractivity contribution in [3.05, 3.63) is 243 Å². The molecule has 60 heavy (non-hydrogen) atoms. The van der Waals surface area contributed by atoms with Gasteiger partial charge < -0.3 is 9.47 Å². The number of fused-ring (bicyclic) bond motifs is 4. The second-order valence-electron chi connectivity index (χ2n) is 15.3. The molecule has 0 amide bonds. The monoisotopic (exact) mass is 764 g/mol. The summed E-state index contributed by atoms with van der Waals surface area (Å²) in [5.74, 6) is 0. The lowest BCUT2D eigenvalue weighted by atomic mass is 9.94. The van der Waals surface area contributed by atoms with E-state index in [2.05, 4.69) is 252 Å². The van der Waals surface area contributed by atoms with Gasteiger partial charge in [-0.2, -0.15) is 0 Å². The van der Waals surface area contributed by atoms with E-state index in [1.807, 2.05) is 0 Å². The first-order valence-corrected chi connectivity index (χ1v) is 20.6. The van der Waals surface area contributed by atoms with Crippen LogP contribution >= 0.6 is 0 Å². The second-order valence-corrected chi connectivity index (χ2v) is 15.3. The maximum absolute atomic E-state index is 2.49. The highest BCUT2D eigenvalue weighted by molar-refractivity contribution is 6.17. The van der Waals surface area contributed by atoms with Gasteiger partial charge in [0.2, 0.25) is 0 Å². The molecule has 282 valence electrons. The third-order valence-corrected chi connectivity index (χ3v) is 11.8. The van der Waals surface area contributed by atoms with Crippen molar-refractivity contribution in [2.75, 3.05) is 4.90 Å². The maximum Gasteiger partial charge on any atom is 0.0562 e. The van der Waals surface area contributed by atoms with Crippen molar-refractivity contribution in [2.24, 2.45) is 0 Å². The van der Waals surface area contributed by atoms with Crippen molar-refractivity contribution in [3.63, 3.8) is 0 Å². The predicted molar refractivity (Wildman–Crippen MR) is 255 cm³/mol. The summed E-state index contributed by atoms with van der Waals surface area (Å²) in [4.78, 5) is 2.49. The summed E-state index contributed by atoms with van der Waals surface area (Å²) in [6, 6.07) is 88.0. The molecule has 0 aliphatic carbocycles. The Morgan fingerprint density at radius 2 is 0.750 bits per heavy atom. The number of benzene rings is 10. The molecule has 11 rings (SSSR count). The first-order chi connectivity index (χ1) is 29.8. The van der Waals surface area contributed by atoms with Gasteiger partial charge in [-0.15, -0.1) is 0 Å². The summed E-state index contributed by atoms with van der Waals surface area (Å²) >= 11 is 0. The predicted octanol–water partition coefficient (Wildman–Crippen LogP) is 16.1.